The van der Waals surface area contributed by atoms with E-state index in [2.05, 4.69) is 0 Å². The summed E-state index contributed by atoms with van der Waals surface area (Å²) in [5, 5.41) is 1.91. The molecule has 2 aromatic rings. The molecule has 3 heteroatoms. The first kappa shape index (κ1) is 9.34. The molecule has 72 valence electrons. The smallest absolute Gasteiger partial charge is 0.159 e. The second-order valence-electron chi connectivity index (χ2n) is 3.06. The van der Waals surface area contributed by atoms with Crippen molar-refractivity contribution in [3.63, 3.8) is 0 Å². The van der Waals surface area contributed by atoms with Crippen LogP contribution in [-0.4, -0.2) is 0 Å². The Hall–Kier alpha value is -1.22. The van der Waals surface area contributed by atoms with Gasteiger partial charge in [0.1, 0.15) is 0 Å². The van der Waals surface area contributed by atoms with Gasteiger partial charge in [0.2, 0.25) is 0 Å². The van der Waals surface area contributed by atoms with Crippen LogP contribution in [0.25, 0.3) is 10.4 Å². The van der Waals surface area contributed by atoms with Crippen molar-refractivity contribution < 1.29 is 8.78 Å². The summed E-state index contributed by atoms with van der Waals surface area (Å²) < 4.78 is 25.8. The summed E-state index contributed by atoms with van der Waals surface area (Å²) in [6, 6.07) is 6.26. The molecule has 1 aromatic heterocycles. The Balaban J connectivity index is 2.60. The molecule has 0 unspecified atom stereocenters. The van der Waals surface area contributed by atoms with Crippen molar-refractivity contribution in [1.82, 2.24) is 0 Å². The van der Waals surface area contributed by atoms with Gasteiger partial charge < -0.3 is 0 Å². The van der Waals surface area contributed by atoms with Crippen LogP contribution in [-0.2, 0) is 0 Å². The van der Waals surface area contributed by atoms with Crippen LogP contribution in [0.2, 0.25) is 0 Å². The maximum Gasteiger partial charge on any atom is 0.159 e. The van der Waals surface area contributed by atoms with E-state index < -0.39 is 11.6 Å². The van der Waals surface area contributed by atoms with Gasteiger partial charge in [-0.2, -0.15) is 0 Å². The summed E-state index contributed by atoms with van der Waals surface area (Å²) in [6.45, 7) is 1.78. The zero-order valence-electron chi connectivity index (χ0n) is 7.55. The van der Waals surface area contributed by atoms with Crippen molar-refractivity contribution in [2.75, 3.05) is 0 Å². The molecule has 0 aliphatic heterocycles. The average molecular weight is 210 g/mol. The minimum absolute atomic E-state index is 0.756. The molecule has 0 saturated carbocycles. The lowest BCUT2D eigenvalue weighted by molar-refractivity contribution is 0.508. The highest BCUT2D eigenvalue weighted by atomic mass is 32.1. The van der Waals surface area contributed by atoms with Gasteiger partial charge in [0, 0.05) is 4.88 Å². The molecular formula is C11H8F2S. The van der Waals surface area contributed by atoms with E-state index in [-0.39, 0.29) is 0 Å². The van der Waals surface area contributed by atoms with Crippen LogP contribution in [0.3, 0.4) is 0 Å². The maximum atomic E-state index is 13.0. The monoisotopic (exact) mass is 210 g/mol. The molecule has 0 N–H and O–H groups in total. The van der Waals surface area contributed by atoms with E-state index in [1.54, 1.807) is 6.92 Å². The first-order valence-corrected chi connectivity index (χ1v) is 5.06. The number of aryl methyl sites for hydroxylation is 1. The van der Waals surface area contributed by atoms with Crippen LogP contribution in [0, 0.1) is 18.6 Å². The lowest BCUT2D eigenvalue weighted by atomic mass is 10.1. The fourth-order valence-electron chi connectivity index (χ4n) is 1.34. The van der Waals surface area contributed by atoms with Crippen molar-refractivity contribution in [3.05, 3.63) is 46.8 Å². The van der Waals surface area contributed by atoms with Gasteiger partial charge in [0.15, 0.2) is 11.6 Å². The van der Waals surface area contributed by atoms with E-state index in [0.717, 1.165) is 16.0 Å². The molecule has 14 heavy (non-hydrogen) atoms. The third-order valence-corrected chi connectivity index (χ3v) is 2.96. The molecule has 0 radical (unpaired) electrons. The highest BCUT2D eigenvalue weighted by Crippen LogP contribution is 2.29. The van der Waals surface area contributed by atoms with Gasteiger partial charge in [-0.1, -0.05) is 6.07 Å². The van der Waals surface area contributed by atoms with E-state index >= 15 is 0 Å². The Morgan fingerprint density at radius 2 is 1.86 bits per heavy atom. The van der Waals surface area contributed by atoms with Gasteiger partial charge in [0.25, 0.3) is 0 Å². The van der Waals surface area contributed by atoms with Crippen molar-refractivity contribution in [2.24, 2.45) is 0 Å². The number of hydrogen-bond donors (Lipinski definition) is 0. The lowest BCUT2D eigenvalue weighted by Crippen LogP contribution is -1.88. The highest BCUT2D eigenvalue weighted by molar-refractivity contribution is 7.13. The Labute approximate surface area is 84.8 Å². The van der Waals surface area contributed by atoms with E-state index in [9.17, 15) is 8.78 Å². The van der Waals surface area contributed by atoms with Crippen molar-refractivity contribution in [2.45, 2.75) is 6.92 Å². The zero-order valence-corrected chi connectivity index (χ0v) is 8.37. The summed E-state index contributed by atoms with van der Waals surface area (Å²) in [7, 11) is 0. The number of halogens is 2. The summed E-state index contributed by atoms with van der Waals surface area (Å²) in [5.41, 5.74) is 1.52. The van der Waals surface area contributed by atoms with Crippen LogP contribution < -0.4 is 0 Å². The second kappa shape index (κ2) is 3.50. The summed E-state index contributed by atoms with van der Waals surface area (Å²) in [4.78, 5) is 0.960. The van der Waals surface area contributed by atoms with E-state index in [1.807, 2.05) is 17.5 Å². The van der Waals surface area contributed by atoms with E-state index in [0.29, 0.717) is 0 Å². The first-order valence-electron chi connectivity index (χ1n) is 4.18. The summed E-state index contributed by atoms with van der Waals surface area (Å²) in [6.07, 6.45) is 0. The van der Waals surface area contributed by atoms with Gasteiger partial charge in [-0.25, -0.2) is 8.78 Å². The highest BCUT2D eigenvalue weighted by Gasteiger charge is 2.08. The first-order chi connectivity index (χ1) is 6.68. The topological polar surface area (TPSA) is 0 Å². The molecule has 1 heterocycles. The third kappa shape index (κ3) is 1.55. The van der Waals surface area contributed by atoms with Gasteiger partial charge in [-0.05, 0) is 41.6 Å². The van der Waals surface area contributed by atoms with Crippen LogP contribution in [0.1, 0.15) is 5.56 Å². The predicted octanol–water partition coefficient (Wildman–Crippen LogP) is 4.00. The van der Waals surface area contributed by atoms with Gasteiger partial charge in [0.05, 0.1) is 0 Å². The van der Waals surface area contributed by atoms with Gasteiger partial charge >= 0.3 is 0 Å². The normalized spacial score (nSPS) is 10.5. The molecule has 0 atom stereocenters. The minimum atomic E-state index is -0.793. The van der Waals surface area contributed by atoms with Crippen molar-refractivity contribution >= 4 is 11.3 Å². The molecule has 0 aliphatic rings. The zero-order chi connectivity index (χ0) is 10.1. The Bertz CT molecular complexity index is 447. The van der Waals surface area contributed by atoms with Crippen LogP contribution in [0.15, 0.2) is 29.6 Å². The minimum Gasteiger partial charge on any atom is -0.204 e. The molecule has 0 fully saturated rings. The van der Waals surface area contributed by atoms with Crippen molar-refractivity contribution in [3.8, 4) is 10.4 Å². The molecule has 1 aromatic carbocycles. The largest absolute Gasteiger partial charge is 0.204 e. The van der Waals surface area contributed by atoms with Crippen LogP contribution >= 0.6 is 11.3 Å². The number of hydrogen-bond acceptors (Lipinski definition) is 1. The lowest BCUT2D eigenvalue weighted by Gasteiger charge is -2.03. The summed E-state index contributed by atoms with van der Waals surface area (Å²) in [5.74, 6) is -1.58. The summed E-state index contributed by atoms with van der Waals surface area (Å²) >= 11 is 1.52. The Morgan fingerprint density at radius 3 is 2.50 bits per heavy atom. The third-order valence-electron chi connectivity index (χ3n) is 2.05. The fraction of sp³-hybridized carbons (Fsp3) is 0.0909. The van der Waals surface area contributed by atoms with Gasteiger partial charge in [-0.15, -0.1) is 11.3 Å². The quantitative estimate of drug-likeness (QED) is 0.667. The molecule has 2 rings (SSSR count). The molecule has 0 saturated heterocycles. The van der Waals surface area contributed by atoms with Crippen molar-refractivity contribution in [1.29, 1.82) is 0 Å². The van der Waals surface area contributed by atoms with Gasteiger partial charge in [-0.3, -0.25) is 0 Å². The van der Waals surface area contributed by atoms with E-state index in [4.69, 9.17) is 0 Å². The fourth-order valence-corrected chi connectivity index (χ4v) is 2.15. The standard InChI is InChI=1S/C11H8F2S/c1-7-5-9(12)10(13)6-8(7)11-3-2-4-14-11/h2-6H,1H3. The Kier molecular flexibility index (Phi) is 2.33. The number of thiophene rings is 1. The average Bonchev–Trinajstić information content (AvgIpc) is 2.64. The van der Waals surface area contributed by atoms with Crippen LogP contribution in [0.4, 0.5) is 8.78 Å². The molecule has 0 bridgehead atoms. The molecule has 0 spiro atoms. The molecule has 0 nitrogen and oxygen atoms in total. The van der Waals surface area contributed by atoms with E-state index in [1.165, 1.54) is 23.5 Å². The SMILES string of the molecule is Cc1cc(F)c(F)cc1-c1cccs1. The maximum absolute atomic E-state index is 13.0. The molecule has 0 amide bonds. The molecule has 0 aliphatic carbocycles. The van der Waals surface area contributed by atoms with Crippen LogP contribution in [0.5, 0.6) is 0 Å². The number of benzene rings is 1. The second-order valence-corrected chi connectivity index (χ2v) is 4.01. The Morgan fingerprint density at radius 1 is 1.14 bits per heavy atom. The number of rotatable bonds is 1. The predicted molar refractivity (Wildman–Crippen MR) is 54.4 cm³/mol. The molecular weight excluding hydrogens is 202 g/mol.